The van der Waals surface area contributed by atoms with Crippen LogP contribution in [0.1, 0.15) is 38.3 Å². The molecule has 1 saturated heterocycles. The third-order valence-corrected chi connectivity index (χ3v) is 3.76. The molecule has 1 atom stereocenters. The molecule has 1 fully saturated rings. The van der Waals surface area contributed by atoms with Gasteiger partial charge in [0.2, 0.25) is 0 Å². The molecular formula is C14H22N4. The molecule has 1 unspecified atom stereocenters. The van der Waals surface area contributed by atoms with Crippen LogP contribution in [0, 0.1) is 11.3 Å². The number of aromatic nitrogens is 1. The number of pyridine rings is 1. The van der Waals surface area contributed by atoms with Crippen molar-refractivity contribution >= 4 is 11.7 Å². The van der Waals surface area contributed by atoms with Crippen LogP contribution in [0.2, 0.25) is 0 Å². The summed E-state index contributed by atoms with van der Waals surface area (Å²) < 4.78 is 0. The second kappa shape index (κ2) is 5.85. The fourth-order valence-electron chi connectivity index (χ4n) is 2.55. The van der Waals surface area contributed by atoms with E-state index in [1.807, 2.05) is 12.1 Å². The molecule has 1 aromatic rings. The van der Waals surface area contributed by atoms with E-state index in [9.17, 15) is 0 Å². The molecule has 0 bridgehead atoms. The van der Waals surface area contributed by atoms with Gasteiger partial charge in [0, 0.05) is 13.1 Å². The lowest BCUT2D eigenvalue weighted by Gasteiger charge is -2.22. The number of nitrogens with one attached hydrogen (secondary N) is 1. The minimum absolute atomic E-state index is 0.0399. The monoisotopic (exact) mass is 246 g/mol. The third-order valence-electron chi connectivity index (χ3n) is 3.76. The number of rotatable bonds is 3. The first-order valence-electron chi connectivity index (χ1n) is 6.77. The first-order chi connectivity index (χ1) is 8.70. The molecule has 2 rings (SSSR count). The van der Waals surface area contributed by atoms with Gasteiger partial charge in [-0.2, -0.15) is 0 Å². The summed E-state index contributed by atoms with van der Waals surface area (Å²) in [6.07, 6.45) is 5.06. The molecule has 0 radical (unpaired) electrons. The molecule has 1 aliphatic rings. The summed E-state index contributed by atoms with van der Waals surface area (Å²) >= 11 is 0. The molecule has 3 N–H and O–H groups in total. The van der Waals surface area contributed by atoms with Crippen LogP contribution in [-0.2, 0) is 0 Å². The molecule has 1 aromatic heterocycles. The molecule has 2 heterocycles. The van der Waals surface area contributed by atoms with Crippen LogP contribution < -0.4 is 10.6 Å². The van der Waals surface area contributed by atoms with Gasteiger partial charge in [-0.15, -0.1) is 0 Å². The number of nitrogens with two attached hydrogens (primary N) is 1. The Labute approximate surface area is 109 Å². The highest BCUT2D eigenvalue weighted by molar-refractivity contribution is 5.93. The summed E-state index contributed by atoms with van der Waals surface area (Å²) in [5.41, 5.74) is 6.06. The molecule has 4 nitrogen and oxygen atoms in total. The SMILES string of the molecule is CCC1CCCN(c2cccc(C(=N)N)n2)CC1. The van der Waals surface area contributed by atoms with E-state index in [4.69, 9.17) is 11.1 Å². The van der Waals surface area contributed by atoms with Crippen molar-refractivity contribution in [3.05, 3.63) is 23.9 Å². The second-order valence-electron chi connectivity index (χ2n) is 4.99. The summed E-state index contributed by atoms with van der Waals surface area (Å²) in [6.45, 7) is 4.40. The van der Waals surface area contributed by atoms with E-state index in [0.29, 0.717) is 5.69 Å². The average molecular weight is 246 g/mol. The first kappa shape index (κ1) is 12.9. The summed E-state index contributed by atoms with van der Waals surface area (Å²) in [6, 6.07) is 5.73. The molecule has 0 spiro atoms. The van der Waals surface area contributed by atoms with E-state index in [-0.39, 0.29) is 5.84 Å². The fraction of sp³-hybridized carbons (Fsp3) is 0.571. The van der Waals surface area contributed by atoms with Crippen LogP contribution in [0.25, 0.3) is 0 Å². The highest BCUT2D eigenvalue weighted by Crippen LogP contribution is 2.23. The quantitative estimate of drug-likeness (QED) is 0.635. The Morgan fingerprint density at radius 2 is 2.28 bits per heavy atom. The lowest BCUT2D eigenvalue weighted by molar-refractivity contribution is 0.459. The minimum atomic E-state index is 0.0399. The highest BCUT2D eigenvalue weighted by Gasteiger charge is 2.17. The van der Waals surface area contributed by atoms with Crippen LogP contribution in [0.15, 0.2) is 18.2 Å². The van der Waals surface area contributed by atoms with Gasteiger partial charge in [0.15, 0.2) is 0 Å². The number of anilines is 1. The summed E-state index contributed by atoms with van der Waals surface area (Å²) in [7, 11) is 0. The molecule has 0 amide bonds. The molecule has 98 valence electrons. The highest BCUT2D eigenvalue weighted by atomic mass is 15.2. The van der Waals surface area contributed by atoms with Crippen LogP contribution in [-0.4, -0.2) is 23.9 Å². The first-order valence-corrected chi connectivity index (χ1v) is 6.77. The van der Waals surface area contributed by atoms with E-state index in [2.05, 4.69) is 16.8 Å². The normalized spacial score (nSPS) is 20.5. The van der Waals surface area contributed by atoms with Crippen LogP contribution in [0.3, 0.4) is 0 Å². The summed E-state index contributed by atoms with van der Waals surface area (Å²) in [4.78, 5) is 6.79. The number of hydrogen-bond acceptors (Lipinski definition) is 3. The summed E-state index contributed by atoms with van der Waals surface area (Å²) in [5, 5.41) is 7.45. The Morgan fingerprint density at radius 3 is 3.00 bits per heavy atom. The topological polar surface area (TPSA) is 66.0 Å². The van der Waals surface area contributed by atoms with Crippen molar-refractivity contribution in [2.24, 2.45) is 11.7 Å². The third kappa shape index (κ3) is 3.00. The Kier molecular flexibility index (Phi) is 4.18. The lowest BCUT2D eigenvalue weighted by Crippen LogP contribution is -2.26. The average Bonchev–Trinajstić information content (AvgIpc) is 2.64. The van der Waals surface area contributed by atoms with Gasteiger partial charge in [0.1, 0.15) is 17.3 Å². The zero-order chi connectivity index (χ0) is 13.0. The predicted octanol–water partition coefficient (Wildman–Crippen LogP) is 2.38. The smallest absolute Gasteiger partial charge is 0.141 e. The zero-order valence-corrected chi connectivity index (χ0v) is 11.0. The van der Waals surface area contributed by atoms with Crippen molar-refractivity contribution in [3.63, 3.8) is 0 Å². The van der Waals surface area contributed by atoms with Gasteiger partial charge in [-0.05, 0) is 37.3 Å². The van der Waals surface area contributed by atoms with Crippen molar-refractivity contribution in [1.82, 2.24) is 4.98 Å². The van der Waals surface area contributed by atoms with Gasteiger partial charge in [0.25, 0.3) is 0 Å². The van der Waals surface area contributed by atoms with Crippen LogP contribution in [0.4, 0.5) is 5.82 Å². The number of hydrogen-bond donors (Lipinski definition) is 2. The number of nitrogen functional groups attached to an aromatic ring is 1. The van der Waals surface area contributed by atoms with Gasteiger partial charge in [-0.3, -0.25) is 5.41 Å². The molecule has 0 saturated carbocycles. The molecule has 0 aliphatic carbocycles. The molecule has 0 aromatic carbocycles. The van der Waals surface area contributed by atoms with Gasteiger partial charge < -0.3 is 10.6 Å². The Morgan fingerprint density at radius 1 is 1.44 bits per heavy atom. The van der Waals surface area contributed by atoms with Crippen LogP contribution >= 0.6 is 0 Å². The summed E-state index contributed by atoms with van der Waals surface area (Å²) in [5.74, 6) is 1.85. The maximum Gasteiger partial charge on any atom is 0.141 e. The van der Waals surface area contributed by atoms with Gasteiger partial charge in [-0.1, -0.05) is 19.4 Å². The number of nitrogens with zero attached hydrogens (tertiary/aromatic N) is 2. The van der Waals surface area contributed by atoms with Gasteiger partial charge in [0.05, 0.1) is 0 Å². The maximum absolute atomic E-state index is 7.45. The zero-order valence-electron chi connectivity index (χ0n) is 11.0. The number of amidine groups is 1. The Hall–Kier alpha value is -1.58. The van der Waals surface area contributed by atoms with Crippen LogP contribution in [0.5, 0.6) is 0 Å². The predicted molar refractivity (Wildman–Crippen MR) is 75.1 cm³/mol. The largest absolute Gasteiger partial charge is 0.382 e. The second-order valence-corrected chi connectivity index (χ2v) is 4.99. The maximum atomic E-state index is 7.45. The molecule has 18 heavy (non-hydrogen) atoms. The Balaban J connectivity index is 2.11. The van der Waals surface area contributed by atoms with E-state index < -0.39 is 0 Å². The van der Waals surface area contributed by atoms with Crippen molar-refractivity contribution in [2.45, 2.75) is 32.6 Å². The van der Waals surface area contributed by atoms with Gasteiger partial charge >= 0.3 is 0 Å². The van der Waals surface area contributed by atoms with Crippen molar-refractivity contribution in [3.8, 4) is 0 Å². The fourth-order valence-corrected chi connectivity index (χ4v) is 2.55. The van der Waals surface area contributed by atoms with E-state index >= 15 is 0 Å². The molecule has 1 aliphatic heterocycles. The van der Waals surface area contributed by atoms with E-state index in [1.54, 1.807) is 6.07 Å². The van der Waals surface area contributed by atoms with Crippen molar-refractivity contribution in [2.75, 3.05) is 18.0 Å². The lowest BCUT2D eigenvalue weighted by atomic mass is 9.98. The van der Waals surface area contributed by atoms with Crippen molar-refractivity contribution in [1.29, 1.82) is 5.41 Å². The van der Waals surface area contributed by atoms with Crippen molar-refractivity contribution < 1.29 is 0 Å². The Bertz CT molecular complexity index is 416. The molecular weight excluding hydrogens is 224 g/mol. The van der Waals surface area contributed by atoms with E-state index in [0.717, 1.165) is 24.8 Å². The molecule has 4 heteroatoms. The van der Waals surface area contributed by atoms with Gasteiger partial charge in [-0.25, -0.2) is 4.98 Å². The van der Waals surface area contributed by atoms with E-state index in [1.165, 1.54) is 25.7 Å². The standard InChI is InChI=1S/C14H22N4/c1-2-11-5-4-9-18(10-8-11)13-7-3-6-12(17-13)14(15)16/h3,6-7,11H,2,4-5,8-10H2,1H3,(H3,15,16). The minimum Gasteiger partial charge on any atom is -0.382 e.